The first-order chi connectivity index (χ1) is 7.70. The van der Waals surface area contributed by atoms with Crippen molar-refractivity contribution in [1.82, 2.24) is 4.98 Å². The van der Waals surface area contributed by atoms with E-state index in [-0.39, 0.29) is 5.69 Å². The van der Waals surface area contributed by atoms with Gasteiger partial charge in [-0.3, -0.25) is 9.78 Å². The van der Waals surface area contributed by atoms with Gasteiger partial charge in [0.15, 0.2) is 0 Å². The predicted molar refractivity (Wildman–Crippen MR) is 55.2 cm³/mol. The van der Waals surface area contributed by atoms with Crippen LogP contribution < -0.4 is 0 Å². The van der Waals surface area contributed by atoms with Gasteiger partial charge in [-0.2, -0.15) is 0 Å². The number of rotatable bonds is 1. The van der Waals surface area contributed by atoms with Crippen molar-refractivity contribution in [2.45, 2.75) is 0 Å². The Hall–Kier alpha value is -2.46. The molecule has 2 aromatic rings. The van der Waals surface area contributed by atoms with Crippen LogP contribution >= 0.6 is 0 Å². The molecule has 1 amide bonds. The van der Waals surface area contributed by atoms with E-state index in [1.165, 1.54) is 24.4 Å². The van der Waals surface area contributed by atoms with E-state index in [1.807, 2.05) is 0 Å². The minimum Gasteiger partial charge on any atom is -0.285 e. The first kappa shape index (κ1) is 10.1. The van der Waals surface area contributed by atoms with Gasteiger partial charge < -0.3 is 0 Å². The Kier molecular flexibility index (Phi) is 2.49. The van der Waals surface area contributed by atoms with Gasteiger partial charge in [-0.15, -0.1) is 0 Å². The largest absolute Gasteiger partial charge is 0.285 e. The minimum atomic E-state index is -0.784. The van der Waals surface area contributed by atoms with Crippen LogP contribution in [0.4, 0.5) is 4.39 Å². The van der Waals surface area contributed by atoms with Gasteiger partial charge in [-0.1, -0.05) is 0 Å². The zero-order valence-electron chi connectivity index (χ0n) is 7.96. The van der Waals surface area contributed by atoms with Crippen LogP contribution in [0.25, 0.3) is 21.2 Å². The molecule has 1 aromatic heterocycles. The second-order valence-electron chi connectivity index (χ2n) is 3.06. The average Bonchev–Trinajstić information content (AvgIpc) is 2.28. The number of carbonyl (C=O) groups excluding carboxylic acids is 1. The molecule has 16 heavy (non-hydrogen) atoms. The average molecular weight is 216 g/mol. The van der Waals surface area contributed by atoms with Gasteiger partial charge in [0.05, 0.1) is 0 Å². The smallest absolute Gasteiger partial charge is 0.267 e. The number of fused-ring (bicyclic) bond motifs is 1. The first-order valence-electron chi connectivity index (χ1n) is 4.35. The summed E-state index contributed by atoms with van der Waals surface area (Å²) in [7, 11) is 0. The van der Waals surface area contributed by atoms with Crippen molar-refractivity contribution in [2.24, 2.45) is 5.11 Å². The Bertz CT molecular complexity index is 619. The second-order valence-corrected chi connectivity index (χ2v) is 3.06. The van der Waals surface area contributed by atoms with Crippen LogP contribution in [0.2, 0.25) is 0 Å². The van der Waals surface area contributed by atoms with E-state index in [4.69, 9.17) is 5.53 Å². The van der Waals surface area contributed by atoms with Gasteiger partial charge in [0.1, 0.15) is 11.5 Å². The van der Waals surface area contributed by atoms with Crippen molar-refractivity contribution in [1.29, 1.82) is 0 Å². The zero-order valence-corrected chi connectivity index (χ0v) is 7.96. The number of amides is 1. The summed E-state index contributed by atoms with van der Waals surface area (Å²) in [4.78, 5) is 17.4. The van der Waals surface area contributed by atoms with Crippen LogP contribution in [0.1, 0.15) is 10.5 Å². The highest BCUT2D eigenvalue weighted by Crippen LogP contribution is 2.15. The highest BCUT2D eigenvalue weighted by Gasteiger charge is 2.06. The maximum Gasteiger partial charge on any atom is 0.267 e. The molecule has 0 atom stereocenters. The van der Waals surface area contributed by atoms with Gasteiger partial charge in [0.25, 0.3) is 5.91 Å². The minimum absolute atomic E-state index is 0.00380. The lowest BCUT2D eigenvalue weighted by Gasteiger charge is -1.99. The van der Waals surface area contributed by atoms with E-state index in [0.29, 0.717) is 10.8 Å². The van der Waals surface area contributed by atoms with Crippen molar-refractivity contribution < 1.29 is 9.18 Å². The molecule has 1 aromatic carbocycles. The summed E-state index contributed by atoms with van der Waals surface area (Å²) in [5.41, 5.74) is 8.10. The van der Waals surface area contributed by atoms with E-state index < -0.39 is 11.7 Å². The molecular formula is C10H5FN4O. The third kappa shape index (κ3) is 1.82. The maximum absolute atomic E-state index is 12.9. The summed E-state index contributed by atoms with van der Waals surface area (Å²) in [6.07, 6.45) is 1.43. The molecule has 1 heterocycles. The molecule has 2 rings (SSSR count). The van der Waals surface area contributed by atoms with Crippen LogP contribution in [-0.2, 0) is 0 Å². The SMILES string of the molecule is [N-]=[N+]=NC(=O)c1cc2cc(F)ccc2cn1. The van der Waals surface area contributed by atoms with Gasteiger partial charge in [0.2, 0.25) is 0 Å². The lowest BCUT2D eigenvalue weighted by molar-refractivity contribution is 0.0996. The second kappa shape index (κ2) is 3.96. The topological polar surface area (TPSA) is 78.7 Å². The lowest BCUT2D eigenvalue weighted by Crippen LogP contribution is -1.97. The van der Waals surface area contributed by atoms with Gasteiger partial charge in [-0.25, -0.2) is 4.39 Å². The number of aromatic nitrogens is 1. The van der Waals surface area contributed by atoms with E-state index in [2.05, 4.69) is 15.0 Å². The summed E-state index contributed by atoms with van der Waals surface area (Å²) >= 11 is 0. The molecule has 0 aliphatic heterocycles. The summed E-state index contributed by atoms with van der Waals surface area (Å²) in [6, 6.07) is 5.53. The molecule has 0 spiro atoms. The molecule has 0 aliphatic rings. The molecule has 0 saturated carbocycles. The van der Waals surface area contributed by atoms with Crippen molar-refractivity contribution in [3.8, 4) is 0 Å². The monoisotopic (exact) mass is 216 g/mol. The Balaban J connectivity index is 2.58. The number of pyridine rings is 1. The highest BCUT2D eigenvalue weighted by atomic mass is 19.1. The fourth-order valence-corrected chi connectivity index (χ4v) is 1.32. The van der Waals surface area contributed by atoms with Gasteiger partial charge in [0, 0.05) is 16.5 Å². The number of azide groups is 1. The number of nitrogens with zero attached hydrogens (tertiary/aromatic N) is 4. The summed E-state index contributed by atoms with van der Waals surface area (Å²) in [5, 5.41) is 4.15. The molecule has 0 N–H and O–H groups in total. The molecule has 0 unspecified atom stereocenters. The van der Waals surface area contributed by atoms with Crippen molar-refractivity contribution in [3.63, 3.8) is 0 Å². The van der Waals surface area contributed by atoms with E-state index in [9.17, 15) is 9.18 Å². The summed E-state index contributed by atoms with van der Waals surface area (Å²) in [5.74, 6) is -1.19. The number of carbonyl (C=O) groups is 1. The Labute approximate surface area is 89.2 Å². The molecule has 0 aliphatic carbocycles. The number of benzene rings is 1. The zero-order chi connectivity index (χ0) is 11.5. The van der Waals surface area contributed by atoms with Crippen LogP contribution in [0.15, 0.2) is 35.6 Å². The predicted octanol–water partition coefficient (Wildman–Crippen LogP) is 2.82. The molecule has 0 fully saturated rings. The third-order valence-corrected chi connectivity index (χ3v) is 2.04. The molecule has 0 bridgehead atoms. The third-order valence-electron chi connectivity index (χ3n) is 2.04. The lowest BCUT2D eigenvalue weighted by atomic mass is 10.1. The number of hydrogen-bond donors (Lipinski definition) is 0. The Morgan fingerprint density at radius 1 is 1.38 bits per heavy atom. The van der Waals surface area contributed by atoms with Crippen LogP contribution in [-0.4, -0.2) is 10.9 Å². The maximum atomic E-state index is 12.9. The van der Waals surface area contributed by atoms with Crippen molar-refractivity contribution in [3.05, 3.63) is 52.4 Å². The van der Waals surface area contributed by atoms with E-state index in [0.717, 1.165) is 0 Å². The van der Waals surface area contributed by atoms with Crippen molar-refractivity contribution >= 4 is 16.7 Å². The fraction of sp³-hybridized carbons (Fsp3) is 0. The molecule has 0 radical (unpaired) electrons. The molecule has 6 heteroatoms. The quantitative estimate of drug-likeness (QED) is 0.417. The first-order valence-corrected chi connectivity index (χ1v) is 4.35. The van der Waals surface area contributed by atoms with Gasteiger partial charge in [-0.05, 0) is 40.3 Å². The fourth-order valence-electron chi connectivity index (χ4n) is 1.32. The standard InChI is InChI=1S/C10H5FN4O/c11-8-2-1-6-5-13-9(4-7(6)3-8)10(16)14-15-12/h1-5H. The van der Waals surface area contributed by atoms with Crippen LogP contribution in [0, 0.1) is 5.82 Å². The van der Waals surface area contributed by atoms with Crippen LogP contribution in [0.3, 0.4) is 0 Å². The van der Waals surface area contributed by atoms with Crippen LogP contribution in [0.5, 0.6) is 0 Å². The molecular weight excluding hydrogens is 211 g/mol. The number of halogens is 1. The normalized spacial score (nSPS) is 9.81. The van der Waals surface area contributed by atoms with E-state index in [1.54, 1.807) is 6.07 Å². The molecule has 78 valence electrons. The number of hydrogen-bond acceptors (Lipinski definition) is 2. The van der Waals surface area contributed by atoms with E-state index >= 15 is 0 Å². The Morgan fingerprint density at radius 3 is 2.94 bits per heavy atom. The Morgan fingerprint density at radius 2 is 2.19 bits per heavy atom. The van der Waals surface area contributed by atoms with Crippen molar-refractivity contribution in [2.75, 3.05) is 0 Å². The summed E-state index contributed by atoms with van der Waals surface area (Å²) in [6.45, 7) is 0. The summed E-state index contributed by atoms with van der Waals surface area (Å²) < 4.78 is 12.9. The highest BCUT2D eigenvalue weighted by molar-refractivity contribution is 5.96. The van der Waals surface area contributed by atoms with Gasteiger partial charge >= 0.3 is 0 Å². The molecule has 0 saturated heterocycles. The molecule has 5 nitrogen and oxygen atoms in total.